The van der Waals surface area contributed by atoms with Gasteiger partial charge in [-0.2, -0.15) is 0 Å². The molecule has 5 nitrogen and oxygen atoms in total. The van der Waals surface area contributed by atoms with Crippen LogP contribution in [0.1, 0.15) is 34.6 Å². The second-order valence-electron chi connectivity index (χ2n) is 9.57. The molecule has 198 valence electrons. The third-order valence-corrected chi connectivity index (χ3v) is 7.06. The first-order chi connectivity index (χ1) is 19.0. The van der Waals surface area contributed by atoms with E-state index in [4.69, 9.17) is 14.2 Å². The molecule has 39 heavy (non-hydrogen) atoms. The van der Waals surface area contributed by atoms with Crippen LogP contribution in [0, 0.1) is 11.7 Å². The van der Waals surface area contributed by atoms with Crippen molar-refractivity contribution in [1.82, 2.24) is 0 Å². The van der Waals surface area contributed by atoms with E-state index in [1.54, 1.807) is 12.1 Å². The number of methoxy groups -OCH3 is 1. The molecule has 0 saturated carbocycles. The zero-order valence-corrected chi connectivity index (χ0v) is 21.6. The summed E-state index contributed by atoms with van der Waals surface area (Å²) < 4.78 is 31.2. The molecular weight excluding hydrogens is 495 g/mol. The van der Waals surface area contributed by atoms with Gasteiger partial charge >= 0.3 is 11.9 Å². The van der Waals surface area contributed by atoms with E-state index in [9.17, 15) is 14.0 Å². The van der Waals surface area contributed by atoms with Crippen molar-refractivity contribution in [2.75, 3.05) is 13.7 Å². The molecule has 1 aliphatic carbocycles. The quantitative estimate of drug-likeness (QED) is 0.222. The molecule has 0 aromatic heterocycles. The summed E-state index contributed by atoms with van der Waals surface area (Å²) in [5.41, 5.74) is 5.74. The number of halogens is 1. The first-order valence-electron chi connectivity index (χ1n) is 12.9. The fourth-order valence-electron chi connectivity index (χ4n) is 5.07. The summed E-state index contributed by atoms with van der Waals surface area (Å²) in [5, 5.41) is 0. The number of benzene rings is 4. The first kappa shape index (κ1) is 26.2. The molecule has 1 atom stereocenters. The number of carbonyl (C=O) groups is 2. The molecule has 5 rings (SSSR count). The van der Waals surface area contributed by atoms with Crippen LogP contribution in [0.3, 0.4) is 0 Å². The van der Waals surface area contributed by atoms with Crippen LogP contribution in [0.15, 0.2) is 97.1 Å². The van der Waals surface area contributed by atoms with E-state index in [1.807, 2.05) is 66.7 Å². The summed E-state index contributed by atoms with van der Waals surface area (Å²) in [4.78, 5) is 25.4. The van der Waals surface area contributed by atoms with Crippen LogP contribution in [-0.2, 0) is 32.1 Å². The lowest BCUT2D eigenvalue weighted by Crippen LogP contribution is -2.24. The lowest BCUT2D eigenvalue weighted by molar-refractivity contribution is -0.153. The van der Waals surface area contributed by atoms with E-state index >= 15 is 0 Å². The first-order valence-corrected chi connectivity index (χ1v) is 12.9. The van der Waals surface area contributed by atoms with Gasteiger partial charge in [0.25, 0.3) is 0 Å². The summed E-state index contributed by atoms with van der Waals surface area (Å²) in [6.07, 6.45) is -0.212. The second kappa shape index (κ2) is 11.9. The number of carbonyl (C=O) groups excluding carboxylic acids is 2. The predicted molar refractivity (Wildman–Crippen MR) is 146 cm³/mol. The summed E-state index contributed by atoms with van der Waals surface area (Å²) in [6, 6.07) is 30.2. The van der Waals surface area contributed by atoms with Gasteiger partial charge in [-0.05, 0) is 45.9 Å². The van der Waals surface area contributed by atoms with Gasteiger partial charge in [-0.15, -0.1) is 0 Å². The molecule has 0 bridgehead atoms. The van der Waals surface area contributed by atoms with Gasteiger partial charge in [0.05, 0.1) is 19.4 Å². The van der Waals surface area contributed by atoms with Gasteiger partial charge in [0, 0.05) is 12.0 Å². The smallest absolute Gasteiger partial charge is 0.309 e. The van der Waals surface area contributed by atoms with Crippen molar-refractivity contribution in [2.45, 2.75) is 25.4 Å². The molecule has 0 fully saturated rings. The van der Waals surface area contributed by atoms with Crippen molar-refractivity contribution < 1.29 is 28.2 Å². The molecule has 0 aliphatic heterocycles. The van der Waals surface area contributed by atoms with Crippen molar-refractivity contribution in [2.24, 2.45) is 5.92 Å². The van der Waals surface area contributed by atoms with Crippen LogP contribution >= 0.6 is 0 Å². The van der Waals surface area contributed by atoms with Crippen LogP contribution in [0.4, 0.5) is 4.39 Å². The Morgan fingerprint density at radius 3 is 2.13 bits per heavy atom. The molecule has 0 heterocycles. The highest BCUT2D eigenvalue weighted by molar-refractivity contribution is 5.81. The highest BCUT2D eigenvalue weighted by Gasteiger charge is 2.30. The summed E-state index contributed by atoms with van der Waals surface area (Å²) >= 11 is 0. The van der Waals surface area contributed by atoms with Crippen molar-refractivity contribution in [3.05, 3.63) is 125 Å². The maximum Gasteiger partial charge on any atom is 0.309 e. The molecule has 4 aromatic carbocycles. The number of hydrogen-bond donors (Lipinski definition) is 0. The predicted octanol–water partition coefficient (Wildman–Crippen LogP) is 6.48. The Morgan fingerprint density at radius 1 is 0.846 bits per heavy atom. The molecule has 4 aromatic rings. The van der Waals surface area contributed by atoms with E-state index in [0.29, 0.717) is 17.9 Å². The Kier molecular flexibility index (Phi) is 8.02. The molecule has 0 radical (unpaired) electrons. The van der Waals surface area contributed by atoms with E-state index in [-0.39, 0.29) is 25.4 Å². The minimum absolute atomic E-state index is 0.00165. The van der Waals surface area contributed by atoms with E-state index < -0.39 is 23.7 Å². The van der Waals surface area contributed by atoms with Gasteiger partial charge in [-0.1, -0.05) is 84.9 Å². The van der Waals surface area contributed by atoms with Gasteiger partial charge in [0.15, 0.2) is 0 Å². The van der Waals surface area contributed by atoms with Gasteiger partial charge in [0.1, 0.15) is 24.8 Å². The summed E-state index contributed by atoms with van der Waals surface area (Å²) in [5.74, 6) is -2.22. The number of esters is 2. The number of fused-ring (bicyclic) bond motifs is 3. The lowest BCUT2D eigenvalue weighted by Gasteiger charge is -2.17. The fourth-order valence-corrected chi connectivity index (χ4v) is 5.07. The minimum Gasteiger partial charge on any atom is -0.489 e. The van der Waals surface area contributed by atoms with Gasteiger partial charge in [-0.25, -0.2) is 4.39 Å². The Balaban J connectivity index is 1.22. The normalized spacial score (nSPS) is 12.8. The van der Waals surface area contributed by atoms with Crippen molar-refractivity contribution in [1.29, 1.82) is 0 Å². The van der Waals surface area contributed by atoms with Crippen molar-refractivity contribution >= 4 is 11.9 Å². The van der Waals surface area contributed by atoms with Crippen LogP contribution in [-0.4, -0.2) is 25.7 Å². The number of rotatable bonds is 10. The second-order valence-corrected chi connectivity index (χ2v) is 9.57. The van der Waals surface area contributed by atoms with Crippen molar-refractivity contribution in [3.63, 3.8) is 0 Å². The number of hydrogen-bond acceptors (Lipinski definition) is 5. The molecule has 1 aliphatic rings. The average molecular weight is 525 g/mol. The van der Waals surface area contributed by atoms with E-state index in [2.05, 4.69) is 12.1 Å². The molecule has 0 saturated heterocycles. The Morgan fingerprint density at radius 2 is 1.49 bits per heavy atom. The Hall–Kier alpha value is -4.45. The Labute approximate surface area is 227 Å². The minimum atomic E-state index is -0.878. The third-order valence-electron chi connectivity index (χ3n) is 7.06. The van der Waals surface area contributed by atoms with E-state index in [0.717, 1.165) is 27.8 Å². The van der Waals surface area contributed by atoms with Crippen LogP contribution in [0.25, 0.3) is 11.1 Å². The third kappa shape index (κ3) is 6.01. The van der Waals surface area contributed by atoms with Crippen molar-refractivity contribution in [3.8, 4) is 16.9 Å². The average Bonchev–Trinajstić information content (AvgIpc) is 3.29. The summed E-state index contributed by atoms with van der Waals surface area (Å²) in [7, 11) is 1.25. The molecule has 0 amide bonds. The van der Waals surface area contributed by atoms with Gasteiger partial charge in [0.2, 0.25) is 0 Å². The van der Waals surface area contributed by atoms with Crippen LogP contribution in [0.5, 0.6) is 5.75 Å². The lowest BCUT2D eigenvalue weighted by atomic mass is 9.95. The molecule has 0 spiro atoms. The maximum absolute atomic E-state index is 14.9. The molecular formula is C33H29FO5. The monoisotopic (exact) mass is 524 g/mol. The molecule has 0 unspecified atom stereocenters. The highest BCUT2D eigenvalue weighted by Crippen LogP contribution is 2.44. The van der Waals surface area contributed by atoms with Crippen LogP contribution in [0.2, 0.25) is 0 Å². The topological polar surface area (TPSA) is 61.8 Å². The SMILES string of the molecule is COC(=O)[C@@H](CC(=O)OCC1c2ccccc2-c2ccccc21)Cc1ccc(OCc2ccccc2)cc1F. The zero-order valence-electron chi connectivity index (χ0n) is 21.6. The largest absolute Gasteiger partial charge is 0.489 e. The Bertz CT molecular complexity index is 1420. The highest BCUT2D eigenvalue weighted by atomic mass is 19.1. The van der Waals surface area contributed by atoms with Crippen LogP contribution < -0.4 is 4.74 Å². The molecule has 0 N–H and O–H groups in total. The molecule has 6 heteroatoms. The van der Waals surface area contributed by atoms with Gasteiger partial charge in [-0.3, -0.25) is 9.59 Å². The van der Waals surface area contributed by atoms with E-state index in [1.165, 1.54) is 13.2 Å². The maximum atomic E-state index is 14.9. The summed E-state index contributed by atoms with van der Waals surface area (Å²) in [6.45, 7) is 0.467. The number of ether oxygens (including phenoxy) is 3. The zero-order chi connectivity index (χ0) is 27.2. The van der Waals surface area contributed by atoms with Gasteiger partial charge < -0.3 is 14.2 Å². The standard InChI is InChI=1S/C33H29FO5/c1-37-33(36)24(17-23-15-16-25(19-31(23)34)38-20-22-9-3-2-4-10-22)18-32(35)39-21-30-28-13-7-5-11-26(28)27-12-6-8-14-29(27)30/h2-16,19,24,30H,17-18,20-21H2,1H3/t24-/m1/s1. The fraction of sp³-hybridized carbons (Fsp3) is 0.212.